The van der Waals surface area contributed by atoms with Gasteiger partial charge in [-0.2, -0.15) is 5.26 Å². The van der Waals surface area contributed by atoms with Gasteiger partial charge >= 0.3 is 0 Å². The molecular weight excluding hydrogens is 500 g/mol. The monoisotopic (exact) mass is 530 g/mol. The van der Waals surface area contributed by atoms with E-state index >= 15 is 0 Å². The van der Waals surface area contributed by atoms with Crippen molar-refractivity contribution in [1.82, 2.24) is 9.88 Å². The van der Waals surface area contributed by atoms with Crippen molar-refractivity contribution in [1.29, 1.82) is 5.26 Å². The molecule has 180 valence electrons. The first-order valence-corrected chi connectivity index (χ1v) is 13.5. The molecule has 0 spiro atoms. The van der Waals surface area contributed by atoms with Crippen molar-refractivity contribution in [2.45, 2.75) is 70.5 Å². The lowest BCUT2D eigenvalue weighted by Gasteiger charge is -2.51. The van der Waals surface area contributed by atoms with Gasteiger partial charge < -0.3 is 9.88 Å². The first-order valence-electron chi connectivity index (χ1n) is 12.7. The van der Waals surface area contributed by atoms with Crippen molar-refractivity contribution < 1.29 is 4.79 Å². The van der Waals surface area contributed by atoms with Gasteiger partial charge in [-0.05, 0) is 72.4 Å². The summed E-state index contributed by atoms with van der Waals surface area (Å²) >= 11 is 3.83. The van der Waals surface area contributed by atoms with Gasteiger partial charge in [-0.1, -0.05) is 26.3 Å². The molecule has 0 unspecified atom stereocenters. The van der Waals surface area contributed by atoms with E-state index < -0.39 is 0 Å². The number of carbonyl (C=O) groups is 1. The SMILES string of the molecule is C[C@@H]1CN(c2cc3c(cc2Br)C(=O)c2c([nH]c4cc(C#N)ccc24)C3(C)C)C[C@H](C)N1C1CCC1. The summed E-state index contributed by atoms with van der Waals surface area (Å²) in [6, 6.07) is 13.7. The van der Waals surface area contributed by atoms with E-state index in [4.69, 9.17) is 0 Å². The zero-order valence-corrected chi connectivity index (χ0v) is 22.4. The normalized spacial score (nSPS) is 24.1. The first kappa shape index (κ1) is 22.8. The van der Waals surface area contributed by atoms with Gasteiger partial charge in [-0.15, -0.1) is 0 Å². The molecule has 3 aliphatic rings. The number of nitrogens with zero attached hydrogens (tertiary/aromatic N) is 3. The van der Waals surface area contributed by atoms with Gasteiger partial charge in [0, 0.05) is 63.3 Å². The Morgan fingerprint density at radius 1 is 1.11 bits per heavy atom. The van der Waals surface area contributed by atoms with Crippen LogP contribution in [-0.4, -0.2) is 46.9 Å². The number of nitriles is 1. The number of carbonyl (C=O) groups excluding carboxylic acids is 1. The summed E-state index contributed by atoms with van der Waals surface area (Å²) in [6.45, 7) is 11.1. The molecular formula is C29H31BrN4O. The van der Waals surface area contributed by atoms with Gasteiger partial charge in [0.25, 0.3) is 0 Å². The lowest BCUT2D eigenvalue weighted by molar-refractivity contribution is 0.0373. The van der Waals surface area contributed by atoms with Gasteiger partial charge in [0.05, 0.1) is 22.9 Å². The highest BCUT2D eigenvalue weighted by atomic mass is 79.9. The van der Waals surface area contributed by atoms with Crippen molar-refractivity contribution in [3.05, 3.63) is 62.8 Å². The summed E-state index contributed by atoms with van der Waals surface area (Å²) in [5, 5.41) is 10.2. The molecule has 1 aliphatic heterocycles. The van der Waals surface area contributed by atoms with Gasteiger partial charge in [0.1, 0.15) is 0 Å². The Morgan fingerprint density at radius 3 is 2.46 bits per heavy atom. The zero-order valence-electron chi connectivity index (χ0n) is 20.8. The molecule has 0 amide bonds. The average Bonchev–Trinajstić information content (AvgIpc) is 3.18. The van der Waals surface area contributed by atoms with Crippen LogP contribution in [0, 0.1) is 11.3 Å². The van der Waals surface area contributed by atoms with Crippen LogP contribution in [0.5, 0.6) is 0 Å². The zero-order chi connectivity index (χ0) is 24.6. The average molecular weight is 531 g/mol. The molecule has 6 rings (SSSR count). The second kappa shape index (κ2) is 7.94. The second-order valence-corrected chi connectivity index (χ2v) is 12.0. The summed E-state index contributed by atoms with van der Waals surface area (Å²) in [6.07, 6.45) is 4.02. The van der Waals surface area contributed by atoms with E-state index in [-0.39, 0.29) is 11.2 Å². The Balaban J connectivity index is 1.42. The van der Waals surface area contributed by atoms with Crippen LogP contribution in [0.15, 0.2) is 34.8 Å². The fraction of sp³-hybridized carbons (Fsp3) is 0.448. The molecule has 2 aliphatic carbocycles. The highest BCUT2D eigenvalue weighted by Crippen LogP contribution is 2.47. The maximum Gasteiger partial charge on any atom is 0.195 e. The largest absolute Gasteiger partial charge is 0.367 e. The van der Waals surface area contributed by atoms with Crippen LogP contribution in [0.25, 0.3) is 10.9 Å². The van der Waals surface area contributed by atoms with Crippen LogP contribution in [0.4, 0.5) is 5.69 Å². The van der Waals surface area contributed by atoms with Crippen molar-refractivity contribution >= 4 is 38.3 Å². The predicted molar refractivity (Wildman–Crippen MR) is 143 cm³/mol. The molecule has 0 bridgehead atoms. The smallest absolute Gasteiger partial charge is 0.195 e. The lowest BCUT2D eigenvalue weighted by Crippen LogP contribution is -2.61. The molecule has 3 aromatic rings. The Bertz CT molecular complexity index is 1400. The highest BCUT2D eigenvalue weighted by Gasteiger charge is 2.42. The molecule has 6 heteroatoms. The number of nitrogens with one attached hydrogen (secondary N) is 1. The molecule has 1 N–H and O–H groups in total. The molecule has 1 saturated heterocycles. The lowest BCUT2D eigenvalue weighted by atomic mass is 9.71. The quantitative estimate of drug-likeness (QED) is 0.433. The second-order valence-electron chi connectivity index (χ2n) is 11.2. The van der Waals surface area contributed by atoms with Crippen molar-refractivity contribution in [3.8, 4) is 6.07 Å². The maximum atomic E-state index is 13.8. The summed E-state index contributed by atoms with van der Waals surface area (Å²) in [5.41, 5.74) is 5.72. The van der Waals surface area contributed by atoms with Crippen molar-refractivity contribution in [2.75, 3.05) is 18.0 Å². The molecule has 2 heterocycles. The van der Waals surface area contributed by atoms with Gasteiger partial charge in [-0.3, -0.25) is 9.69 Å². The summed E-state index contributed by atoms with van der Waals surface area (Å²) < 4.78 is 0.979. The predicted octanol–water partition coefficient (Wildman–Crippen LogP) is 6.12. The number of benzene rings is 2. The number of piperazine rings is 1. The topological polar surface area (TPSA) is 63.1 Å². The Labute approximate surface area is 215 Å². The van der Waals surface area contributed by atoms with Crippen LogP contribution in [-0.2, 0) is 5.41 Å². The molecule has 0 radical (unpaired) electrons. The van der Waals surface area contributed by atoms with E-state index in [1.54, 1.807) is 6.07 Å². The van der Waals surface area contributed by atoms with E-state index in [1.807, 2.05) is 18.2 Å². The third-order valence-electron chi connectivity index (χ3n) is 8.61. The van der Waals surface area contributed by atoms with E-state index in [9.17, 15) is 10.1 Å². The number of rotatable bonds is 2. The standard InChI is InChI=1S/C29H31BrN4O/c1-16-14-33(15-17(2)34(16)19-6-5-7-19)25-12-22-21(11-23(25)30)27(35)26-20-9-8-18(13-31)10-24(20)32-28(26)29(22,3)4/h8-12,16-17,19,32H,5-7,14-15H2,1-4H3/t16-,17+. The molecule has 1 aromatic heterocycles. The number of anilines is 1. The summed E-state index contributed by atoms with van der Waals surface area (Å²) in [4.78, 5) is 22.5. The summed E-state index contributed by atoms with van der Waals surface area (Å²) in [7, 11) is 0. The van der Waals surface area contributed by atoms with Gasteiger partial charge in [0.15, 0.2) is 5.78 Å². The Hall–Kier alpha value is -2.62. The van der Waals surface area contributed by atoms with Gasteiger partial charge in [0.2, 0.25) is 0 Å². The number of ketones is 1. The third kappa shape index (κ3) is 3.32. The number of fused-ring (bicyclic) bond motifs is 4. The minimum Gasteiger partial charge on any atom is -0.367 e. The van der Waals surface area contributed by atoms with Crippen LogP contribution in [0.2, 0.25) is 0 Å². The first-order chi connectivity index (χ1) is 16.7. The fourth-order valence-electron chi connectivity index (χ4n) is 6.69. The molecule has 35 heavy (non-hydrogen) atoms. The van der Waals surface area contributed by atoms with Crippen LogP contribution in [0.3, 0.4) is 0 Å². The Kier molecular flexibility index (Phi) is 5.18. The third-order valence-corrected chi connectivity index (χ3v) is 9.24. The number of aromatic nitrogens is 1. The van der Waals surface area contributed by atoms with E-state index in [0.29, 0.717) is 17.6 Å². The van der Waals surface area contributed by atoms with Gasteiger partial charge in [-0.25, -0.2) is 0 Å². The highest BCUT2D eigenvalue weighted by molar-refractivity contribution is 9.10. The number of hydrogen-bond donors (Lipinski definition) is 1. The van der Waals surface area contributed by atoms with Crippen LogP contribution >= 0.6 is 15.9 Å². The number of H-pyrrole nitrogens is 1. The minimum absolute atomic E-state index is 0.0501. The maximum absolute atomic E-state index is 13.8. The molecule has 2 fully saturated rings. The van der Waals surface area contributed by atoms with E-state index in [1.165, 1.54) is 24.9 Å². The summed E-state index contributed by atoms with van der Waals surface area (Å²) in [5.74, 6) is 0.0501. The molecule has 1 saturated carbocycles. The van der Waals surface area contributed by atoms with E-state index in [2.05, 4.69) is 70.5 Å². The minimum atomic E-state index is -0.370. The number of halogens is 1. The van der Waals surface area contributed by atoms with E-state index in [0.717, 1.165) is 56.9 Å². The molecule has 2 atom stereocenters. The van der Waals surface area contributed by atoms with Crippen LogP contribution < -0.4 is 4.90 Å². The molecule has 2 aromatic carbocycles. The van der Waals surface area contributed by atoms with Crippen molar-refractivity contribution in [2.24, 2.45) is 0 Å². The number of aromatic amines is 1. The fourth-order valence-corrected chi connectivity index (χ4v) is 7.28. The van der Waals surface area contributed by atoms with Crippen LogP contribution in [0.1, 0.15) is 79.7 Å². The van der Waals surface area contributed by atoms with Crippen molar-refractivity contribution in [3.63, 3.8) is 0 Å². The number of hydrogen-bond acceptors (Lipinski definition) is 4. The molecule has 5 nitrogen and oxygen atoms in total. The Morgan fingerprint density at radius 2 is 1.83 bits per heavy atom.